The smallest absolute Gasteiger partial charge is 0.328 e. The number of fused-ring (bicyclic) bond motifs is 1. The van der Waals surface area contributed by atoms with E-state index in [0.29, 0.717) is 11.3 Å². The third-order valence-electron chi connectivity index (χ3n) is 5.32. The highest BCUT2D eigenvalue weighted by molar-refractivity contribution is 5.87. The van der Waals surface area contributed by atoms with Gasteiger partial charge in [0.1, 0.15) is 34.3 Å². The zero-order chi connectivity index (χ0) is 24.8. The van der Waals surface area contributed by atoms with Gasteiger partial charge in [0.05, 0.1) is 7.11 Å². The molecule has 0 bridgehead atoms. The van der Waals surface area contributed by atoms with E-state index in [1.807, 2.05) is 48.5 Å². The largest absolute Gasteiger partial charge is 0.507 e. The molecule has 1 aromatic heterocycles. The van der Waals surface area contributed by atoms with E-state index in [4.69, 9.17) is 13.9 Å². The minimum absolute atomic E-state index is 0.00935. The third-order valence-corrected chi connectivity index (χ3v) is 5.32. The first-order valence-electron chi connectivity index (χ1n) is 10.8. The summed E-state index contributed by atoms with van der Waals surface area (Å²) in [6.45, 7) is -0.435. The predicted molar refractivity (Wildman–Crippen MR) is 129 cm³/mol. The van der Waals surface area contributed by atoms with Crippen molar-refractivity contribution in [2.24, 2.45) is 0 Å². The summed E-state index contributed by atoms with van der Waals surface area (Å²) >= 11 is 0. The average molecular weight is 473 g/mol. The molecule has 35 heavy (non-hydrogen) atoms. The fourth-order valence-corrected chi connectivity index (χ4v) is 3.64. The van der Waals surface area contributed by atoms with Crippen LogP contribution in [0, 0.1) is 0 Å². The molecular weight excluding hydrogens is 450 g/mol. The summed E-state index contributed by atoms with van der Waals surface area (Å²) in [4.78, 5) is 37.2. The van der Waals surface area contributed by atoms with Crippen LogP contribution in [0.15, 0.2) is 88.1 Å². The van der Waals surface area contributed by atoms with Gasteiger partial charge in [-0.05, 0) is 5.56 Å². The molecule has 1 heterocycles. The van der Waals surface area contributed by atoms with Crippen molar-refractivity contribution in [2.75, 3.05) is 13.7 Å². The Bertz CT molecular complexity index is 1400. The monoisotopic (exact) mass is 473 g/mol. The minimum Gasteiger partial charge on any atom is -0.507 e. The predicted octanol–water partition coefficient (Wildman–Crippen LogP) is 3.44. The Morgan fingerprint density at radius 2 is 1.69 bits per heavy atom. The summed E-state index contributed by atoms with van der Waals surface area (Å²) in [6.07, 6.45) is 0.253. The number of aromatic hydroxyl groups is 1. The van der Waals surface area contributed by atoms with E-state index in [2.05, 4.69) is 5.32 Å². The van der Waals surface area contributed by atoms with Crippen LogP contribution in [-0.4, -0.2) is 36.7 Å². The molecule has 8 nitrogen and oxygen atoms in total. The van der Waals surface area contributed by atoms with Crippen molar-refractivity contribution < 1.29 is 28.6 Å². The minimum atomic E-state index is -0.894. The van der Waals surface area contributed by atoms with E-state index in [0.717, 1.165) is 5.56 Å². The Morgan fingerprint density at radius 3 is 2.37 bits per heavy atom. The van der Waals surface area contributed by atoms with Gasteiger partial charge in [0.15, 0.2) is 12.0 Å². The van der Waals surface area contributed by atoms with Gasteiger partial charge in [0, 0.05) is 30.2 Å². The number of esters is 1. The number of phenols is 1. The molecule has 0 radical (unpaired) electrons. The number of benzene rings is 3. The number of hydrogen-bond donors (Lipinski definition) is 2. The van der Waals surface area contributed by atoms with Gasteiger partial charge in [-0.25, -0.2) is 4.79 Å². The lowest BCUT2D eigenvalue weighted by Gasteiger charge is -2.17. The first-order chi connectivity index (χ1) is 16.9. The number of hydrogen-bond acceptors (Lipinski definition) is 7. The van der Waals surface area contributed by atoms with Gasteiger partial charge in [0.2, 0.25) is 0 Å². The van der Waals surface area contributed by atoms with Crippen molar-refractivity contribution in [2.45, 2.75) is 12.5 Å². The molecular formula is C27H23NO7. The van der Waals surface area contributed by atoms with Crippen LogP contribution < -0.4 is 15.5 Å². The quantitative estimate of drug-likeness (QED) is 0.377. The SMILES string of the molecule is COC(=O)[C@H](Cc1ccccc1)NC(=O)COc1cc(O)c2c(=O)cc(-c3ccccc3)oc2c1. The molecule has 0 aliphatic heterocycles. The molecule has 0 saturated heterocycles. The molecule has 0 spiro atoms. The van der Waals surface area contributed by atoms with E-state index < -0.39 is 30.0 Å². The number of phenolic OH excluding ortho intramolecular Hbond substituents is 1. The molecule has 8 heteroatoms. The number of amides is 1. The Labute approximate surface area is 200 Å². The zero-order valence-corrected chi connectivity index (χ0v) is 18.9. The molecule has 4 rings (SSSR count). The Kier molecular flexibility index (Phi) is 7.11. The molecule has 0 aliphatic carbocycles. The van der Waals surface area contributed by atoms with Crippen LogP contribution in [0.1, 0.15) is 5.56 Å². The van der Waals surface area contributed by atoms with Crippen molar-refractivity contribution in [3.8, 4) is 22.8 Å². The lowest BCUT2D eigenvalue weighted by atomic mass is 10.1. The van der Waals surface area contributed by atoms with Crippen LogP contribution in [0.2, 0.25) is 0 Å². The Hall–Kier alpha value is -4.59. The lowest BCUT2D eigenvalue weighted by Crippen LogP contribution is -2.44. The van der Waals surface area contributed by atoms with Crippen molar-refractivity contribution in [1.82, 2.24) is 5.32 Å². The standard InChI is InChI=1S/C27H23NO7/c1-33-27(32)20(12-17-8-4-2-5-9-17)28-25(31)16-34-19-13-21(29)26-22(30)15-23(35-24(26)14-19)18-10-6-3-7-11-18/h2-11,13-15,20,29H,12,16H2,1H3,(H,28,31)/t20-/m0/s1. The van der Waals surface area contributed by atoms with Gasteiger partial charge in [-0.3, -0.25) is 9.59 Å². The van der Waals surface area contributed by atoms with E-state index in [1.54, 1.807) is 12.1 Å². The maximum atomic E-state index is 12.6. The zero-order valence-electron chi connectivity index (χ0n) is 18.9. The van der Waals surface area contributed by atoms with E-state index in [1.165, 1.54) is 25.3 Å². The molecule has 4 aromatic rings. The van der Waals surface area contributed by atoms with Gasteiger partial charge in [-0.15, -0.1) is 0 Å². The summed E-state index contributed by atoms with van der Waals surface area (Å²) < 4.78 is 16.2. The van der Waals surface area contributed by atoms with E-state index >= 15 is 0 Å². The Balaban J connectivity index is 1.50. The van der Waals surface area contributed by atoms with Gasteiger partial charge in [-0.2, -0.15) is 0 Å². The molecule has 0 aliphatic rings. The van der Waals surface area contributed by atoms with Crippen LogP contribution in [0.3, 0.4) is 0 Å². The lowest BCUT2D eigenvalue weighted by molar-refractivity contribution is -0.145. The topological polar surface area (TPSA) is 115 Å². The summed E-state index contributed by atoms with van der Waals surface area (Å²) in [5, 5.41) is 13.0. The highest BCUT2D eigenvalue weighted by atomic mass is 16.5. The number of carbonyl (C=O) groups is 2. The number of nitrogens with one attached hydrogen (secondary N) is 1. The number of methoxy groups -OCH3 is 1. The van der Waals surface area contributed by atoms with Crippen LogP contribution in [0.5, 0.6) is 11.5 Å². The van der Waals surface area contributed by atoms with Gasteiger partial charge in [-0.1, -0.05) is 60.7 Å². The number of rotatable bonds is 8. The van der Waals surface area contributed by atoms with Crippen LogP contribution in [0.4, 0.5) is 0 Å². The van der Waals surface area contributed by atoms with Crippen molar-refractivity contribution in [3.05, 3.63) is 94.6 Å². The molecule has 1 atom stereocenters. The number of ether oxygens (including phenoxy) is 2. The van der Waals surface area contributed by atoms with E-state index in [-0.39, 0.29) is 28.9 Å². The molecule has 0 saturated carbocycles. The molecule has 0 unspecified atom stereocenters. The summed E-state index contributed by atoms with van der Waals surface area (Å²) in [6, 6.07) is 21.3. The normalized spacial score (nSPS) is 11.6. The van der Waals surface area contributed by atoms with Crippen LogP contribution in [-0.2, 0) is 20.7 Å². The molecule has 0 fully saturated rings. The van der Waals surface area contributed by atoms with Crippen LogP contribution in [0.25, 0.3) is 22.3 Å². The summed E-state index contributed by atoms with van der Waals surface area (Å²) in [5.41, 5.74) is 1.26. The van der Waals surface area contributed by atoms with Crippen molar-refractivity contribution >= 4 is 22.8 Å². The summed E-state index contributed by atoms with van der Waals surface area (Å²) in [7, 11) is 1.25. The van der Waals surface area contributed by atoms with Crippen LogP contribution >= 0.6 is 0 Å². The maximum absolute atomic E-state index is 12.6. The number of carbonyl (C=O) groups excluding carboxylic acids is 2. The van der Waals surface area contributed by atoms with Crippen molar-refractivity contribution in [1.29, 1.82) is 0 Å². The molecule has 1 amide bonds. The maximum Gasteiger partial charge on any atom is 0.328 e. The highest BCUT2D eigenvalue weighted by Gasteiger charge is 2.22. The van der Waals surface area contributed by atoms with Gasteiger partial charge >= 0.3 is 5.97 Å². The highest BCUT2D eigenvalue weighted by Crippen LogP contribution is 2.31. The second-order valence-corrected chi connectivity index (χ2v) is 7.78. The first kappa shape index (κ1) is 23.6. The molecule has 178 valence electrons. The molecule has 3 aromatic carbocycles. The summed E-state index contributed by atoms with van der Waals surface area (Å²) in [5.74, 6) is -1.02. The second kappa shape index (κ2) is 10.6. The first-order valence-corrected chi connectivity index (χ1v) is 10.8. The third kappa shape index (κ3) is 5.67. The second-order valence-electron chi connectivity index (χ2n) is 7.78. The fourth-order valence-electron chi connectivity index (χ4n) is 3.64. The Morgan fingerprint density at radius 1 is 1.00 bits per heavy atom. The fraction of sp³-hybridized carbons (Fsp3) is 0.148. The average Bonchev–Trinajstić information content (AvgIpc) is 2.87. The van der Waals surface area contributed by atoms with Gasteiger partial charge in [0.25, 0.3) is 5.91 Å². The van der Waals surface area contributed by atoms with E-state index in [9.17, 15) is 19.5 Å². The molecule has 2 N–H and O–H groups in total. The van der Waals surface area contributed by atoms with Gasteiger partial charge < -0.3 is 24.3 Å². The van der Waals surface area contributed by atoms with Crippen molar-refractivity contribution in [3.63, 3.8) is 0 Å².